The fraction of sp³-hybridized carbons (Fsp3) is 0.571. The third-order valence-electron chi connectivity index (χ3n) is 11.4. The van der Waals surface area contributed by atoms with Crippen LogP contribution in [0.3, 0.4) is 0 Å². The van der Waals surface area contributed by atoms with Crippen LogP contribution in [0.25, 0.3) is 0 Å². The van der Waals surface area contributed by atoms with Crippen molar-refractivity contribution in [2.75, 3.05) is 26.4 Å². The first kappa shape index (κ1) is 52.1. The summed E-state index contributed by atoms with van der Waals surface area (Å²) in [5, 5.41) is 4.62. The molecule has 5 nitrogen and oxygen atoms in total. The Balaban J connectivity index is 2.09. The molecule has 0 atom stereocenters. The Hall–Kier alpha value is -3.53. The predicted octanol–water partition coefficient (Wildman–Crippen LogP) is 12.5. The van der Waals surface area contributed by atoms with Gasteiger partial charge in [0.25, 0.3) is 18.1 Å². The van der Waals surface area contributed by atoms with Crippen molar-refractivity contribution >= 4 is 38.8 Å². The molecule has 0 heterocycles. The third kappa shape index (κ3) is 14.7. The number of ether oxygens (including phenoxy) is 4. The van der Waals surface area contributed by atoms with Crippen molar-refractivity contribution < 1.29 is 23.1 Å². The number of rotatable bonds is 22. The molecule has 4 aromatic rings. The van der Waals surface area contributed by atoms with E-state index < -0.39 is 18.1 Å². The monoisotopic (exact) mass is 893 g/mol. The summed E-state index contributed by atoms with van der Waals surface area (Å²) in [4.78, 5) is 0. The number of hydrogen-bond acceptors (Lipinski definition) is 5. The van der Waals surface area contributed by atoms with Crippen LogP contribution in [0.5, 0.6) is 23.0 Å². The number of unbranched alkanes of at least 4 members (excludes halogenated alkanes) is 4. The summed E-state index contributed by atoms with van der Waals surface area (Å²) >= 11 is 0. The van der Waals surface area contributed by atoms with Crippen LogP contribution in [0.4, 0.5) is 0 Å². The first-order valence-electron chi connectivity index (χ1n) is 24.2. The summed E-state index contributed by atoms with van der Waals surface area (Å²) in [5.41, 5.74) is 4.45. The lowest BCUT2D eigenvalue weighted by molar-refractivity contribution is 0.301. The van der Waals surface area contributed by atoms with E-state index in [0.717, 1.165) is 95.1 Å². The van der Waals surface area contributed by atoms with Gasteiger partial charge in [0.2, 0.25) is 0 Å². The van der Waals surface area contributed by atoms with Crippen molar-refractivity contribution in [2.24, 2.45) is 0 Å². The lowest BCUT2D eigenvalue weighted by Crippen LogP contribution is -2.56. The van der Waals surface area contributed by atoms with Gasteiger partial charge in [-0.25, -0.2) is 0 Å². The number of hydrogen-bond donors (Lipinski definition) is 0. The minimum absolute atomic E-state index is 0.0939. The van der Waals surface area contributed by atoms with Crippen LogP contribution in [0.15, 0.2) is 72.8 Å². The van der Waals surface area contributed by atoms with Gasteiger partial charge < -0.3 is 23.1 Å². The smallest absolute Gasteiger partial charge is 0.272 e. The highest BCUT2D eigenvalue weighted by atomic mass is 28.4. The van der Waals surface area contributed by atoms with Crippen molar-refractivity contribution in [2.45, 2.75) is 184 Å². The van der Waals surface area contributed by atoms with Crippen LogP contribution in [-0.4, -0.2) is 44.5 Å². The topological polar surface area (TPSA) is 46.2 Å². The second kappa shape index (κ2) is 23.1. The standard InChI is InChI=1S/C56H84O5Si2/c1-17-21-33-57-49-37-41(25-29-45(49)53(5,6)7)62(42-26-30-46(54(8,9)10)50(38-42)58-34-22-18-2)61-63(43-27-31-47(55(11,12)13)51(39-43)59-35-23-19-3)44-28-32-48(56(14,15)16)52(40-44)60-36-24-20-4/h25-32,37-40H,17-24,33-36H2,1-16H3. The largest absolute Gasteiger partial charge is 0.493 e. The number of benzene rings is 4. The molecular weight excluding hydrogens is 809 g/mol. The summed E-state index contributed by atoms with van der Waals surface area (Å²) in [6.45, 7) is 38.8. The van der Waals surface area contributed by atoms with Gasteiger partial charge in [-0.3, -0.25) is 0 Å². The first-order chi connectivity index (χ1) is 29.6. The van der Waals surface area contributed by atoms with E-state index in [-0.39, 0.29) is 21.7 Å². The highest BCUT2D eigenvalue weighted by molar-refractivity contribution is 6.92. The van der Waals surface area contributed by atoms with Gasteiger partial charge in [-0.2, -0.15) is 0 Å². The Morgan fingerprint density at radius 3 is 0.714 bits per heavy atom. The normalized spacial score (nSPS) is 12.6. The molecule has 63 heavy (non-hydrogen) atoms. The molecule has 2 radical (unpaired) electrons. The lowest BCUT2D eigenvalue weighted by atomic mass is 9.86. The van der Waals surface area contributed by atoms with E-state index in [2.05, 4.69) is 184 Å². The van der Waals surface area contributed by atoms with Gasteiger partial charge >= 0.3 is 0 Å². The van der Waals surface area contributed by atoms with Crippen molar-refractivity contribution in [3.63, 3.8) is 0 Å². The van der Waals surface area contributed by atoms with Crippen molar-refractivity contribution in [1.29, 1.82) is 0 Å². The quantitative estimate of drug-likeness (QED) is 0.0581. The Kier molecular flexibility index (Phi) is 19.1. The molecular formula is C56H84O5Si2. The van der Waals surface area contributed by atoms with Gasteiger partial charge in [0.15, 0.2) is 0 Å². The van der Waals surface area contributed by atoms with Gasteiger partial charge in [0.1, 0.15) is 23.0 Å². The molecule has 0 amide bonds. The van der Waals surface area contributed by atoms with Crippen LogP contribution in [0.1, 0.15) is 184 Å². The molecule has 4 aromatic carbocycles. The predicted molar refractivity (Wildman–Crippen MR) is 273 cm³/mol. The van der Waals surface area contributed by atoms with E-state index >= 15 is 0 Å². The molecule has 4 rings (SSSR count). The van der Waals surface area contributed by atoms with E-state index in [9.17, 15) is 0 Å². The Morgan fingerprint density at radius 1 is 0.333 bits per heavy atom. The zero-order valence-electron chi connectivity index (χ0n) is 42.5. The van der Waals surface area contributed by atoms with E-state index in [0.29, 0.717) is 26.4 Å². The van der Waals surface area contributed by atoms with Crippen LogP contribution in [0.2, 0.25) is 0 Å². The van der Waals surface area contributed by atoms with Gasteiger partial charge in [-0.15, -0.1) is 0 Å². The third-order valence-corrected chi connectivity index (χ3v) is 16.4. The minimum atomic E-state index is -1.96. The Morgan fingerprint density at radius 2 is 0.540 bits per heavy atom. The maximum absolute atomic E-state index is 8.00. The molecule has 0 saturated heterocycles. The molecule has 0 aliphatic rings. The lowest BCUT2D eigenvalue weighted by Gasteiger charge is -2.30. The van der Waals surface area contributed by atoms with Gasteiger partial charge in [0.05, 0.1) is 26.4 Å². The molecule has 0 N–H and O–H groups in total. The zero-order chi connectivity index (χ0) is 46.6. The molecule has 0 spiro atoms. The second-order valence-electron chi connectivity index (χ2n) is 21.4. The van der Waals surface area contributed by atoms with Crippen LogP contribution in [-0.2, 0) is 25.8 Å². The summed E-state index contributed by atoms with van der Waals surface area (Å²) in [7, 11) is -3.92. The molecule has 0 bridgehead atoms. The van der Waals surface area contributed by atoms with Crippen LogP contribution in [0, 0.1) is 0 Å². The first-order valence-corrected chi connectivity index (χ1v) is 27.0. The van der Waals surface area contributed by atoms with E-state index in [1.807, 2.05) is 0 Å². The maximum atomic E-state index is 8.00. The second-order valence-corrected chi connectivity index (χ2v) is 25.9. The maximum Gasteiger partial charge on any atom is 0.272 e. The van der Waals surface area contributed by atoms with Gasteiger partial charge in [-0.1, -0.05) is 185 Å². The van der Waals surface area contributed by atoms with E-state index in [4.69, 9.17) is 23.1 Å². The highest BCUT2D eigenvalue weighted by Crippen LogP contribution is 2.35. The van der Waals surface area contributed by atoms with Crippen LogP contribution >= 0.6 is 0 Å². The summed E-state index contributed by atoms with van der Waals surface area (Å²) < 4.78 is 34.7. The molecule has 0 fully saturated rings. The molecule has 0 unspecified atom stereocenters. The SMILES string of the molecule is CCCCOc1cc([Si](O[Si](c2ccc(C(C)(C)C)c(OCCCC)c2)c2ccc(C(C)(C)C)c(OCCCC)c2)c2ccc(C(C)(C)C)c(OCCCC)c2)ccc1C(C)(C)C. The average molecular weight is 893 g/mol. The molecule has 0 saturated carbocycles. The Bertz CT molecular complexity index is 1740. The van der Waals surface area contributed by atoms with Gasteiger partial charge in [0, 0.05) is 0 Å². The summed E-state index contributed by atoms with van der Waals surface area (Å²) in [6.07, 6.45) is 8.31. The molecule has 346 valence electrons. The Labute approximate surface area is 388 Å². The average Bonchev–Trinajstić information content (AvgIpc) is 3.20. The molecule has 0 aliphatic heterocycles. The van der Waals surface area contributed by atoms with Crippen molar-refractivity contribution in [3.05, 3.63) is 95.1 Å². The summed E-state index contributed by atoms with van der Waals surface area (Å²) in [6, 6.07) is 27.5. The zero-order valence-corrected chi connectivity index (χ0v) is 44.5. The van der Waals surface area contributed by atoms with Crippen molar-refractivity contribution in [1.82, 2.24) is 0 Å². The molecule has 0 aromatic heterocycles. The molecule has 7 heteroatoms. The highest BCUT2D eigenvalue weighted by Gasteiger charge is 2.34. The van der Waals surface area contributed by atoms with Crippen LogP contribution < -0.4 is 39.7 Å². The van der Waals surface area contributed by atoms with Gasteiger partial charge in [-0.05, 0) is 115 Å². The van der Waals surface area contributed by atoms with E-state index in [1.165, 1.54) is 22.3 Å². The fourth-order valence-corrected chi connectivity index (χ4v) is 12.9. The van der Waals surface area contributed by atoms with Crippen molar-refractivity contribution in [3.8, 4) is 23.0 Å². The molecule has 0 aliphatic carbocycles. The summed E-state index contributed by atoms with van der Waals surface area (Å²) in [5.74, 6) is 3.78. The minimum Gasteiger partial charge on any atom is -0.493 e. The fourth-order valence-electron chi connectivity index (χ4n) is 7.59. The van der Waals surface area contributed by atoms with E-state index in [1.54, 1.807) is 0 Å².